The molecular formula is C12H16FNS. The highest BCUT2D eigenvalue weighted by atomic mass is 32.2. The molecule has 1 atom stereocenters. The average Bonchev–Trinajstić information content (AvgIpc) is 3.06. The highest BCUT2D eigenvalue weighted by molar-refractivity contribution is 7.99. The van der Waals surface area contributed by atoms with Crippen LogP contribution in [-0.4, -0.2) is 18.8 Å². The Morgan fingerprint density at radius 3 is 2.60 bits per heavy atom. The van der Waals surface area contributed by atoms with Gasteiger partial charge in [-0.3, -0.25) is 0 Å². The first-order valence-electron chi connectivity index (χ1n) is 5.35. The molecule has 0 radical (unpaired) electrons. The van der Waals surface area contributed by atoms with Gasteiger partial charge in [0.2, 0.25) is 0 Å². The third kappa shape index (κ3) is 3.21. The van der Waals surface area contributed by atoms with Crippen molar-refractivity contribution < 1.29 is 4.39 Å². The first-order valence-corrected chi connectivity index (χ1v) is 6.34. The van der Waals surface area contributed by atoms with Crippen LogP contribution in [0.1, 0.15) is 12.8 Å². The molecule has 0 spiro atoms. The van der Waals surface area contributed by atoms with Crippen LogP contribution < -0.4 is 5.32 Å². The van der Waals surface area contributed by atoms with E-state index >= 15 is 0 Å². The molecule has 2 rings (SSSR count). The first kappa shape index (κ1) is 11.0. The Balaban J connectivity index is 1.83. The molecule has 0 heterocycles. The van der Waals surface area contributed by atoms with Crippen LogP contribution in [0.2, 0.25) is 0 Å². The van der Waals surface area contributed by atoms with E-state index in [1.54, 1.807) is 11.8 Å². The molecule has 1 aliphatic carbocycles. The Hall–Kier alpha value is -0.540. The zero-order valence-electron chi connectivity index (χ0n) is 8.87. The fraction of sp³-hybridized carbons (Fsp3) is 0.500. The zero-order valence-corrected chi connectivity index (χ0v) is 9.69. The monoisotopic (exact) mass is 225 g/mol. The van der Waals surface area contributed by atoms with Gasteiger partial charge in [0.1, 0.15) is 5.82 Å². The van der Waals surface area contributed by atoms with Crippen LogP contribution in [0.15, 0.2) is 29.2 Å². The lowest BCUT2D eigenvalue weighted by molar-refractivity contribution is 0.554. The standard InChI is InChI=1S/C12H16FNS/c1-14-12(9-2-3-9)8-15-11-6-4-10(13)5-7-11/h4-7,9,12,14H,2-3,8H2,1H3. The summed E-state index contributed by atoms with van der Waals surface area (Å²) in [6, 6.07) is 7.35. The van der Waals surface area contributed by atoms with Crippen LogP contribution in [0.25, 0.3) is 0 Å². The Morgan fingerprint density at radius 2 is 2.07 bits per heavy atom. The average molecular weight is 225 g/mol. The summed E-state index contributed by atoms with van der Waals surface area (Å²) in [5.41, 5.74) is 0. The van der Waals surface area contributed by atoms with E-state index in [0.29, 0.717) is 6.04 Å². The summed E-state index contributed by atoms with van der Waals surface area (Å²) >= 11 is 1.80. The van der Waals surface area contributed by atoms with Gasteiger partial charge in [0.15, 0.2) is 0 Å². The van der Waals surface area contributed by atoms with Gasteiger partial charge >= 0.3 is 0 Å². The Bertz CT molecular complexity index is 308. The topological polar surface area (TPSA) is 12.0 Å². The van der Waals surface area contributed by atoms with E-state index in [1.807, 2.05) is 19.2 Å². The summed E-state index contributed by atoms with van der Waals surface area (Å²) in [6.07, 6.45) is 2.71. The molecule has 0 aromatic heterocycles. The van der Waals surface area contributed by atoms with E-state index in [0.717, 1.165) is 16.6 Å². The minimum Gasteiger partial charge on any atom is -0.316 e. The zero-order chi connectivity index (χ0) is 10.7. The summed E-state index contributed by atoms with van der Waals surface area (Å²) in [5.74, 6) is 1.78. The van der Waals surface area contributed by atoms with Crippen LogP contribution in [-0.2, 0) is 0 Å². The highest BCUT2D eigenvalue weighted by Gasteiger charge is 2.29. The lowest BCUT2D eigenvalue weighted by Gasteiger charge is -2.14. The second-order valence-electron chi connectivity index (χ2n) is 4.00. The van der Waals surface area contributed by atoms with E-state index in [9.17, 15) is 4.39 Å². The second-order valence-corrected chi connectivity index (χ2v) is 5.09. The van der Waals surface area contributed by atoms with Crippen molar-refractivity contribution in [1.29, 1.82) is 0 Å². The Kier molecular flexibility index (Phi) is 3.65. The number of nitrogens with one attached hydrogen (secondary N) is 1. The van der Waals surface area contributed by atoms with Crippen LogP contribution in [0.4, 0.5) is 4.39 Å². The van der Waals surface area contributed by atoms with Crippen molar-refractivity contribution in [3.63, 3.8) is 0 Å². The van der Waals surface area contributed by atoms with Gasteiger partial charge < -0.3 is 5.32 Å². The Labute approximate surface area is 94.5 Å². The summed E-state index contributed by atoms with van der Waals surface area (Å²) in [4.78, 5) is 1.15. The van der Waals surface area contributed by atoms with Gasteiger partial charge in [-0.25, -0.2) is 4.39 Å². The van der Waals surface area contributed by atoms with E-state index in [1.165, 1.54) is 25.0 Å². The number of halogens is 1. The molecule has 0 aliphatic heterocycles. The van der Waals surface area contributed by atoms with E-state index in [2.05, 4.69) is 5.32 Å². The van der Waals surface area contributed by atoms with Crippen molar-refractivity contribution >= 4 is 11.8 Å². The van der Waals surface area contributed by atoms with E-state index in [4.69, 9.17) is 0 Å². The van der Waals surface area contributed by atoms with Gasteiger partial charge in [-0.2, -0.15) is 0 Å². The number of hydrogen-bond donors (Lipinski definition) is 1. The number of rotatable bonds is 5. The molecule has 1 fully saturated rings. The van der Waals surface area contributed by atoms with Gasteiger partial charge in [0, 0.05) is 16.7 Å². The molecule has 82 valence electrons. The number of hydrogen-bond acceptors (Lipinski definition) is 2. The van der Waals surface area contributed by atoms with Crippen molar-refractivity contribution in [2.45, 2.75) is 23.8 Å². The lowest BCUT2D eigenvalue weighted by Crippen LogP contribution is -2.29. The highest BCUT2D eigenvalue weighted by Crippen LogP contribution is 2.34. The fourth-order valence-electron chi connectivity index (χ4n) is 1.67. The third-order valence-electron chi connectivity index (χ3n) is 2.81. The van der Waals surface area contributed by atoms with E-state index in [-0.39, 0.29) is 5.82 Å². The molecule has 15 heavy (non-hydrogen) atoms. The van der Waals surface area contributed by atoms with Crippen molar-refractivity contribution in [2.75, 3.05) is 12.8 Å². The Morgan fingerprint density at radius 1 is 1.40 bits per heavy atom. The van der Waals surface area contributed by atoms with Crippen molar-refractivity contribution in [3.8, 4) is 0 Å². The molecule has 1 N–H and O–H groups in total. The molecule has 0 bridgehead atoms. The molecule has 1 aromatic carbocycles. The van der Waals surface area contributed by atoms with Gasteiger partial charge in [-0.05, 0) is 50.1 Å². The number of thioether (sulfide) groups is 1. The van der Waals surface area contributed by atoms with Gasteiger partial charge in [-0.1, -0.05) is 0 Å². The molecule has 1 aromatic rings. The molecule has 1 aliphatic rings. The predicted octanol–water partition coefficient (Wildman–Crippen LogP) is 2.92. The lowest BCUT2D eigenvalue weighted by atomic mass is 10.2. The fourth-order valence-corrected chi connectivity index (χ4v) is 2.81. The predicted molar refractivity (Wildman–Crippen MR) is 62.7 cm³/mol. The molecule has 1 saturated carbocycles. The quantitative estimate of drug-likeness (QED) is 0.773. The minimum atomic E-state index is -0.160. The maximum atomic E-state index is 12.7. The van der Waals surface area contributed by atoms with E-state index < -0.39 is 0 Å². The van der Waals surface area contributed by atoms with Crippen molar-refractivity contribution in [2.24, 2.45) is 5.92 Å². The molecule has 1 unspecified atom stereocenters. The van der Waals surface area contributed by atoms with Gasteiger partial charge in [0.05, 0.1) is 0 Å². The molecule has 3 heteroatoms. The summed E-state index contributed by atoms with van der Waals surface area (Å²) < 4.78 is 12.7. The van der Waals surface area contributed by atoms with Crippen LogP contribution in [0.3, 0.4) is 0 Å². The summed E-state index contributed by atoms with van der Waals surface area (Å²) in [7, 11) is 2.02. The smallest absolute Gasteiger partial charge is 0.123 e. The van der Waals surface area contributed by atoms with Crippen LogP contribution >= 0.6 is 11.8 Å². The largest absolute Gasteiger partial charge is 0.316 e. The summed E-state index contributed by atoms with van der Waals surface area (Å²) in [6.45, 7) is 0. The maximum absolute atomic E-state index is 12.7. The SMILES string of the molecule is CNC(CSc1ccc(F)cc1)C1CC1. The number of benzene rings is 1. The molecular weight excluding hydrogens is 209 g/mol. The third-order valence-corrected chi connectivity index (χ3v) is 3.94. The minimum absolute atomic E-state index is 0.160. The molecule has 0 amide bonds. The van der Waals surface area contributed by atoms with Gasteiger partial charge in [0.25, 0.3) is 0 Å². The second kappa shape index (κ2) is 4.99. The van der Waals surface area contributed by atoms with Crippen LogP contribution in [0, 0.1) is 11.7 Å². The molecule has 1 nitrogen and oxygen atoms in total. The van der Waals surface area contributed by atoms with Crippen LogP contribution in [0.5, 0.6) is 0 Å². The maximum Gasteiger partial charge on any atom is 0.123 e. The summed E-state index contributed by atoms with van der Waals surface area (Å²) in [5, 5.41) is 3.35. The van der Waals surface area contributed by atoms with Crippen molar-refractivity contribution in [3.05, 3.63) is 30.1 Å². The normalized spacial score (nSPS) is 17.7. The van der Waals surface area contributed by atoms with Crippen molar-refractivity contribution in [1.82, 2.24) is 5.32 Å². The van der Waals surface area contributed by atoms with Gasteiger partial charge in [-0.15, -0.1) is 11.8 Å². The molecule has 0 saturated heterocycles. The first-order chi connectivity index (χ1) is 7.29.